The van der Waals surface area contributed by atoms with Crippen LogP contribution in [0.1, 0.15) is 12.0 Å². The number of hydrogen-bond acceptors (Lipinski definition) is 6. The Balaban J connectivity index is 1.52. The Hall–Kier alpha value is -3.29. The maximum absolute atomic E-state index is 6.07. The molecule has 3 N–H and O–H groups in total. The van der Waals surface area contributed by atoms with Gasteiger partial charge in [-0.25, -0.2) is 4.98 Å². The van der Waals surface area contributed by atoms with E-state index in [1.807, 2.05) is 36.7 Å². The number of aromatic amines is 1. The van der Waals surface area contributed by atoms with E-state index >= 15 is 0 Å². The molecule has 4 heterocycles. The minimum Gasteiger partial charge on any atom is -0.380 e. The standard InChI is InChI=1S/C23H24N6O/c1-30-14-15-3-2-4-16(9-15)23-19(12-26-28-23)20-5-6-21-22(27-20)10-18(11-25-21)29-8-7-17(24)13-29/h2-6,9-12,17H,7-8,13-14,24H2,1H3,(H,26,28). The number of pyridine rings is 2. The van der Waals surface area contributed by atoms with Gasteiger partial charge in [-0.15, -0.1) is 0 Å². The lowest BCUT2D eigenvalue weighted by Crippen LogP contribution is -2.26. The molecular formula is C23H24N6O. The molecule has 0 bridgehead atoms. The first-order valence-electron chi connectivity index (χ1n) is 10.1. The summed E-state index contributed by atoms with van der Waals surface area (Å²) in [7, 11) is 1.70. The van der Waals surface area contributed by atoms with Crippen molar-refractivity contribution in [2.45, 2.75) is 19.1 Å². The van der Waals surface area contributed by atoms with Crippen LogP contribution < -0.4 is 10.6 Å². The topological polar surface area (TPSA) is 93.0 Å². The lowest BCUT2D eigenvalue weighted by atomic mass is 10.0. The molecule has 4 aromatic rings. The van der Waals surface area contributed by atoms with E-state index in [0.717, 1.165) is 64.3 Å². The fourth-order valence-electron chi connectivity index (χ4n) is 4.02. The van der Waals surface area contributed by atoms with Crippen LogP contribution in [0.25, 0.3) is 33.5 Å². The van der Waals surface area contributed by atoms with Crippen LogP contribution in [-0.4, -0.2) is 46.4 Å². The number of nitrogens with two attached hydrogens (primary N) is 1. The van der Waals surface area contributed by atoms with Gasteiger partial charge in [0.05, 0.1) is 35.2 Å². The number of benzene rings is 1. The first-order valence-corrected chi connectivity index (χ1v) is 10.1. The Morgan fingerprint density at radius 3 is 2.97 bits per heavy atom. The average molecular weight is 400 g/mol. The largest absolute Gasteiger partial charge is 0.380 e. The number of nitrogens with one attached hydrogen (secondary N) is 1. The van der Waals surface area contributed by atoms with Crippen molar-refractivity contribution in [2.75, 3.05) is 25.1 Å². The molecule has 1 unspecified atom stereocenters. The summed E-state index contributed by atoms with van der Waals surface area (Å²) >= 11 is 0. The van der Waals surface area contributed by atoms with Gasteiger partial charge in [-0.1, -0.05) is 18.2 Å². The van der Waals surface area contributed by atoms with Crippen molar-refractivity contribution in [3.63, 3.8) is 0 Å². The van der Waals surface area contributed by atoms with Crippen molar-refractivity contribution in [3.05, 3.63) is 60.4 Å². The van der Waals surface area contributed by atoms with Crippen LogP contribution in [0.2, 0.25) is 0 Å². The number of rotatable bonds is 5. The Bertz CT molecular complexity index is 1190. The second-order valence-corrected chi connectivity index (χ2v) is 7.70. The van der Waals surface area contributed by atoms with Crippen molar-refractivity contribution in [2.24, 2.45) is 5.73 Å². The highest BCUT2D eigenvalue weighted by atomic mass is 16.5. The Kier molecular flexibility index (Phi) is 4.90. The molecule has 0 amide bonds. The van der Waals surface area contributed by atoms with E-state index < -0.39 is 0 Å². The first kappa shape index (κ1) is 18.7. The highest BCUT2D eigenvalue weighted by molar-refractivity contribution is 5.84. The molecule has 152 valence electrons. The van der Waals surface area contributed by atoms with Gasteiger partial charge in [-0.3, -0.25) is 10.1 Å². The van der Waals surface area contributed by atoms with E-state index in [1.54, 1.807) is 7.11 Å². The first-order chi connectivity index (χ1) is 14.7. The van der Waals surface area contributed by atoms with E-state index in [0.29, 0.717) is 6.61 Å². The fourth-order valence-corrected chi connectivity index (χ4v) is 4.02. The fraction of sp³-hybridized carbons (Fsp3) is 0.261. The van der Waals surface area contributed by atoms with E-state index in [9.17, 15) is 0 Å². The van der Waals surface area contributed by atoms with Crippen LogP contribution in [0.5, 0.6) is 0 Å². The SMILES string of the molecule is COCc1cccc(-c2n[nH]cc2-c2ccc3ncc(N4CCC(N)C4)cc3n2)c1. The molecule has 0 radical (unpaired) electrons. The van der Waals surface area contributed by atoms with Gasteiger partial charge in [0.25, 0.3) is 0 Å². The number of anilines is 1. The summed E-state index contributed by atoms with van der Waals surface area (Å²) in [4.78, 5) is 11.8. The van der Waals surface area contributed by atoms with Crippen LogP contribution in [0, 0.1) is 0 Å². The van der Waals surface area contributed by atoms with Gasteiger partial charge < -0.3 is 15.4 Å². The quantitative estimate of drug-likeness (QED) is 0.534. The number of fused-ring (bicyclic) bond motifs is 1. The van der Waals surface area contributed by atoms with Gasteiger partial charge in [0.1, 0.15) is 5.69 Å². The normalized spacial score (nSPS) is 16.5. The van der Waals surface area contributed by atoms with Gasteiger partial charge in [0, 0.05) is 43.6 Å². The van der Waals surface area contributed by atoms with Crippen molar-refractivity contribution in [1.29, 1.82) is 0 Å². The van der Waals surface area contributed by atoms with E-state index in [4.69, 9.17) is 15.5 Å². The molecule has 1 aliphatic rings. The Morgan fingerprint density at radius 1 is 1.20 bits per heavy atom. The van der Waals surface area contributed by atoms with Crippen LogP contribution in [0.15, 0.2) is 54.9 Å². The Morgan fingerprint density at radius 2 is 2.13 bits per heavy atom. The van der Waals surface area contributed by atoms with Gasteiger partial charge in [-0.2, -0.15) is 5.10 Å². The summed E-state index contributed by atoms with van der Waals surface area (Å²) in [5.41, 5.74) is 13.7. The summed E-state index contributed by atoms with van der Waals surface area (Å²) in [6.07, 6.45) is 4.81. The molecule has 1 aromatic carbocycles. The average Bonchev–Trinajstić information content (AvgIpc) is 3.43. The van der Waals surface area contributed by atoms with Gasteiger partial charge in [0.2, 0.25) is 0 Å². The molecule has 5 rings (SSSR count). The molecule has 7 heteroatoms. The third-order valence-corrected chi connectivity index (χ3v) is 5.54. The van der Waals surface area contributed by atoms with Crippen LogP contribution >= 0.6 is 0 Å². The zero-order chi connectivity index (χ0) is 20.5. The number of aromatic nitrogens is 4. The monoisotopic (exact) mass is 400 g/mol. The molecule has 1 aliphatic heterocycles. The summed E-state index contributed by atoms with van der Waals surface area (Å²) in [5.74, 6) is 0. The molecule has 0 aliphatic carbocycles. The number of hydrogen-bond donors (Lipinski definition) is 2. The van der Waals surface area contributed by atoms with E-state index in [-0.39, 0.29) is 6.04 Å². The molecule has 30 heavy (non-hydrogen) atoms. The molecule has 3 aromatic heterocycles. The third-order valence-electron chi connectivity index (χ3n) is 5.54. The van der Waals surface area contributed by atoms with Crippen LogP contribution in [0.4, 0.5) is 5.69 Å². The molecule has 0 spiro atoms. The minimum atomic E-state index is 0.224. The molecule has 0 saturated carbocycles. The molecular weight excluding hydrogens is 376 g/mol. The lowest BCUT2D eigenvalue weighted by Gasteiger charge is -2.17. The highest BCUT2D eigenvalue weighted by Gasteiger charge is 2.20. The highest BCUT2D eigenvalue weighted by Crippen LogP contribution is 2.31. The Labute approximate surface area is 174 Å². The van der Waals surface area contributed by atoms with Crippen molar-refractivity contribution >= 4 is 16.7 Å². The summed E-state index contributed by atoms with van der Waals surface area (Å²) < 4.78 is 5.26. The van der Waals surface area contributed by atoms with E-state index in [2.05, 4.69) is 38.3 Å². The second kappa shape index (κ2) is 7.85. The summed E-state index contributed by atoms with van der Waals surface area (Å²) in [6, 6.07) is 14.5. The van der Waals surface area contributed by atoms with Crippen LogP contribution in [-0.2, 0) is 11.3 Å². The van der Waals surface area contributed by atoms with Crippen molar-refractivity contribution in [1.82, 2.24) is 20.2 Å². The zero-order valence-corrected chi connectivity index (χ0v) is 16.9. The molecule has 1 saturated heterocycles. The minimum absolute atomic E-state index is 0.224. The number of nitrogens with zero attached hydrogens (tertiary/aromatic N) is 4. The second-order valence-electron chi connectivity index (χ2n) is 7.70. The smallest absolute Gasteiger partial charge is 0.101 e. The van der Waals surface area contributed by atoms with Crippen LogP contribution in [0.3, 0.4) is 0 Å². The molecule has 1 atom stereocenters. The summed E-state index contributed by atoms with van der Waals surface area (Å²) in [5, 5.41) is 7.49. The molecule has 7 nitrogen and oxygen atoms in total. The lowest BCUT2D eigenvalue weighted by molar-refractivity contribution is 0.185. The maximum Gasteiger partial charge on any atom is 0.101 e. The van der Waals surface area contributed by atoms with Gasteiger partial charge in [0.15, 0.2) is 0 Å². The van der Waals surface area contributed by atoms with Gasteiger partial charge in [-0.05, 0) is 36.2 Å². The zero-order valence-electron chi connectivity index (χ0n) is 16.9. The van der Waals surface area contributed by atoms with E-state index in [1.165, 1.54) is 0 Å². The predicted molar refractivity (Wildman–Crippen MR) is 118 cm³/mol. The van der Waals surface area contributed by atoms with Gasteiger partial charge >= 0.3 is 0 Å². The predicted octanol–water partition coefficient (Wildman–Crippen LogP) is 3.37. The van der Waals surface area contributed by atoms with Crippen molar-refractivity contribution in [3.8, 4) is 22.5 Å². The maximum atomic E-state index is 6.07. The number of methoxy groups -OCH3 is 1. The number of ether oxygens (including phenoxy) is 1. The van der Waals surface area contributed by atoms with Crippen molar-refractivity contribution < 1.29 is 4.74 Å². The molecule has 1 fully saturated rings. The number of H-pyrrole nitrogens is 1. The summed E-state index contributed by atoms with van der Waals surface area (Å²) in [6.45, 7) is 2.38. The third kappa shape index (κ3) is 3.53.